The van der Waals surface area contributed by atoms with Gasteiger partial charge in [-0.15, -0.1) is 0 Å². The van der Waals surface area contributed by atoms with Gasteiger partial charge in [-0.05, 0) is 30.7 Å². The Morgan fingerprint density at radius 2 is 1.86 bits per heavy atom. The summed E-state index contributed by atoms with van der Waals surface area (Å²) in [7, 11) is 2.57. The topological polar surface area (TPSA) is 101 Å². The zero-order chi connectivity index (χ0) is 24.9. The van der Waals surface area contributed by atoms with E-state index in [9.17, 15) is 18.7 Å². The first-order valence-corrected chi connectivity index (χ1v) is 10.9. The molecule has 2 aromatic carbocycles. The molecule has 1 atom stereocenters. The molecule has 3 heterocycles. The van der Waals surface area contributed by atoms with Gasteiger partial charge in [0, 0.05) is 41.9 Å². The lowest BCUT2D eigenvalue weighted by atomic mass is 10.0. The van der Waals surface area contributed by atoms with Crippen LogP contribution in [0.15, 0.2) is 36.5 Å². The number of carbonyl (C=O) groups is 1. The molecule has 0 bridgehead atoms. The third-order valence-corrected chi connectivity index (χ3v) is 6.02. The van der Waals surface area contributed by atoms with Gasteiger partial charge < -0.3 is 19.5 Å². The number of rotatable bonds is 6. The summed E-state index contributed by atoms with van der Waals surface area (Å²) >= 11 is 0. The lowest BCUT2D eigenvalue weighted by Crippen LogP contribution is -2.31. The number of hydrogen-bond donors (Lipinski definition) is 2. The Labute approximate surface area is 199 Å². The van der Waals surface area contributed by atoms with Crippen molar-refractivity contribution in [2.75, 3.05) is 20.8 Å². The maximum Gasteiger partial charge on any atom is 0.254 e. The fourth-order valence-corrected chi connectivity index (χ4v) is 4.37. The second kappa shape index (κ2) is 8.62. The van der Waals surface area contributed by atoms with Crippen LogP contribution in [0.5, 0.6) is 11.5 Å². The minimum absolute atomic E-state index is 0.0493. The molecule has 1 amide bonds. The normalized spacial score (nSPS) is 13.9. The number of H-pyrrole nitrogens is 1. The first kappa shape index (κ1) is 22.7. The predicted octanol–water partition coefficient (Wildman–Crippen LogP) is 3.92. The summed E-state index contributed by atoms with van der Waals surface area (Å²) in [5.74, 6) is -2.22. The number of methoxy groups -OCH3 is 2. The Hall–Kier alpha value is -4.05. The molecule has 0 spiro atoms. The van der Waals surface area contributed by atoms with Crippen molar-refractivity contribution in [3.8, 4) is 34.0 Å². The van der Waals surface area contributed by atoms with Gasteiger partial charge in [-0.2, -0.15) is 5.10 Å². The van der Waals surface area contributed by atoms with E-state index in [0.717, 1.165) is 17.2 Å². The third-order valence-electron chi connectivity index (χ3n) is 6.02. The molecule has 8 nitrogen and oxygen atoms in total. The molecule has 5 rings (SSSR count). The van der Waals surface area contributed by atoms with Gasteiger partial charge in [0.25, 0.3) is 5.91 Å². The van der Waals surface area contributed by atoms with Crippen molar-refractivity contribution < 1.29 is 28.2 Å². The standard InChI is InChI=1S/C25H22F2N4O4/c1-12(32)10-31-11-14-6-13(4-5-15(14)25(31)33)24-16-9-28-18(7-17(16)29-30-24)21-22(26)19(34-2)8-20(35-3)23(21)27/h4-9,12,32H,10-11H2,1-3H3,(H,29,30). The Kier molecular flexibility index (Phi) is 5.60. The minimum Gasteiger partial charge on any atom is -0.494 e. The first-order valence-electron chi connectivity index (χ1n) is 10.9. The number of β-amino-alcohol motifs (C(OH)–C–C–N with tert-alkyl or cyclic N) is 1. The molecule has 35 heavy (non-hydrogen) atoms. The van der Waals surface area contributed by atoms with E-state index in [1.54, 1.807) is 24.0 Å². The van der Waals surface area contributed by atoms with Gasteiger partial charge in [0.05, 0.1) is 37.1 Å². The van der Waals surface area contributed by atoms with Crippen LogP contribution in [-0.2, 0) is 6.54 Å². The number of hydrogen-bond acceptors (Lipinski definition) is 6. The summed E-state index contributed by atoms with van der Waals surface area (Å²) in [5.41, 5.74) is 2.98. The summed E-state index contributed by atoms with van der Waals surface area (Å²) < 4.78 is 39.9. The summed E-state index contributed by atoms with van der Waals surface area (Å²) in [6, 6.07) is 8.06. The highest BCUT2D eigenvalue weighted by Gasteiger charge is 2.29. The number of nitrogens with zero attached hydrogens (tertiary/aromatic N) is 3. The monoisotopic (exact) mass is 480 g/mol. The number of amides is 1. The number of ether oxygens (including phenoxy) is 2. The SMILES string of the molecule is COc1cc(OC)c(F)c(-c2cc3[nH]nc(-c4ccc5c(c4)CN(CC(C)O)C5=O)c3cn2)c1F. The van der Waals surface area contributed by atoms with Crippen LogP contribution in [0.4, 0.5) is 8.78 Å². The number of nitrogens with one attached hydrogen (secondary N) is 1. The van der Waals surface area contributed by atoms with Crippen molar-refractivity contribution in [3.05, 3.63) is 59.3 Å². The van der Waals surface area contributed by atoms with Crippen LogP contribution in [0, 0.1) is 11.6 Å². The van der Waals surface area contributed by atoms with Gasteiger partial charge in [-0.1, -0.05) is 6.07 Å². The highest BCUT2D eigenvalue weighted by atomic mass is 19.1. The van der Waals surface area contributed by atoms with Crippen LogP contribution in [0.25, 0.3) is 33.4 Å². The van der Waals surface area contributed by atoms with Crippen LogP contribution in [-0.4, -0.2) is 58.0 Å². The summed E-state index contributed by atoms with van der Waals surface area (Å²) in [5, 5.41) is 17.6. The Bertz CT molecular complexity index is 1440. The van der Waals surface area contributed by atoms with E-state index in [4.69, 9.17) is 9.47 Å². The average molecular weight is 480 g/mol. The number of fused-ring (bicyclic) bond motifs is 2. The van der Waals surface area contributed by atoms with Crippen molar-refractivity contribution in [2.24, 2.45) is 0 Å². The van der Waals surface area contributed by atoms with Gasteiger partial charge in [-0.25, -0.2) is 8.78 Å². The van der Waals surface area contributed by atoms with Crippen LogP contribution in [0.2, 0.25) is 0 Å². The average Bonchev–Trinajstić information content (AvgIpc) is 3.39. The number of aliphatic hydroxyl groups is 1. The van der Waals surface area contributed by atoms with E-state index in [-0.39, 0.29) is 35.2 Å². The van der Waals surface area contributed by atoms with E-state index < -0.39 is 17.7 Å². The van der Waals surface area contributed by atoms with Gasteiger partial charge in [0.1, 0.15) is 5.69 Å². The minimum atomic E-state index is -0.887. The van der Waals surface area contributed by atoms with E-state index in [0.29, 0.717) is 28.7 Å². The van der Waals surface area contributed by atoms with Crippen molar-refractivity contribution in [2.45, 2.75) is 19.6 Å². The highest BCUT2D eigenvalue weighted by molar-refractivity contribution is 6.00. The molecular weight excluding hydrogens is 458 g/mol. The molecule has 1 aliphatic rings. The van der Waals surface area contributed by atoms with Gasteiger partial charge >= 0.3 is 0 Å². The van der Waals surface area contributed by atoms with E-state index >= 15 is 0 Å². The molecule has 0 fully saturated rings. The molecule has 2 N–H and O–H groups in total. The number of aromatic amines is 1. The van der Waals surface area contributed by atoms with Crippen LogP contribution >= 0.6 is 0 Å². The predicted molar refractivity (Wildman–Crippen MR) is 124 cm³/mol. The van der Waals surface area contributed by atoms with Gasteiger partial charge in [0.15, 0.2) is 23.1 Å². The largest absolute Gasteiger partial charge is 0.494 e. The van der Waals surface area contributed by atoms with Crippen molar-refractivity contribution in [1.82, 2.24) is 20.1 Å². The number of aliphatic hydroxyl groups excluding tert-OH is 1. The molecule has 0 radical (unpaired) electrons. The zero-order valence-corrected chi connectivity index (χ0v) is 19.2. The van der Waals surface area contributed by atoms with Crippen LogP contribution in [0.1, 0.15) is 22.8 Å². The maximum absolute atomic E-state index is 14.9. The lowest BCUT2D eigenvalue weighted by molar-refractivity contribution is 0.0672. The molecule has 0 saturated heterocycles. The second-order valence-corrected chi connectivity index (χ2v) is 8.38. The van der Waals surface area contributed by atoms with Crippen LogP contribution in [0.3, 0.4) is 0 Å². The van der Waals surface area contributed by atoms with E-state index in [1.807, 2.05) is 6.07 Å². The number of benzene rings is 2. The Balaban J connectivity index is 1.54. The molecule has 1 aliphatic heterocycles. The lowest BCUT2D eigenvalue weighted by Gasteiger charge is -2.16. The van der Waals surface area contributed by atoms with Crippen molar-refractivity contribution in [1.29, 1.82) is 0 Å². The van der Waals surface area contributed by atoms with Gasteiger partial charge in [-0.3, -0.25) is 14.9 Å². The quantitative estimate of drug-likeness (QED) is 0.434. The molecule has 2 aromatic heterocycles. The summed E-state index contributed by atoms with van der Waals surface area (Å²) in [6.45, 7) is 2.29. The van der Waals surface area contributed by atoms with Crippen LogP contribution < -0.4 is 9.47 Å². The molecule has 0 aliphatic carbocycles. The molecular formula is C25H22F2N4O4. The molecule has 4 aromatic rings. The number of carbonyl (C=O) groups excluding carboxylic acids is 1. The van der Waals surface area contributed by atoms with E-state index in [1.165, 1.54) is 26.5 Å². The Morgan fingerprint density at radius 3 is 2.51 bits per heavy atom. The van der Waals surface area contributed by atoms with Crippen molar-refractivity contribution in [3.63, 3.8) is 0 Å². The molecule has 180 valence electrons. The first-order chi connectivity index (χ1) is 16.8. The molecule has 10 heteroatoms. The van der Waals surface area contributed by atoms with Crippen molar-refractivity contribution >= 4 is 16.8 Å². The smallest absolute Gasteiger partial charge is 0.254 e. The van der Waals surface area contributed by atoms with E-state index in [2.05, 4.69) is 15.2 Å². The molecule has 1 unspecified atom stereocenters. The number of aromatic nitrogens is 3. The highest BCUT2D eigenvalue weighted by Crippen LogP contribution is 2.38. The number of halogens is 2. The maximum atomic E-state index is 14.9. The summed E-state index contributed by atoms with van der Waals surface area (Å²) in [6.07, 6.45) is 0.870. The second-order valence-electron chi connectivity index (χ2n) is 8.38. The summed E-state index contributed by atoms with van der Waals surface area (Å²) in [4.78, 5) is 18.5. The Morgan fingerprint density at radius 1 is 1.14 bits per heavy atom. The third kappa shape index (κ3) is 3.75. The zero-order valence-electron chi connectivity index (χ0n) is 19.2. The number of pyridine rings is 1. The molecule has 0 saturated carbocycles. The van der Waals surface area contributed by atoms with Gasteiger partial charge in [0.2, 0.25) is 0 Å². The fraction of sp³-hybridized carbons (Fsp3) is 0.240. The fourth-order valence-electron chi connectivity index (χ4n) is 4.37.